The highest BCUT2D eigenvalue weighted by Gasteiger charge is 2.26. The highest BCUT2D eigenvalue weighted by Crippen LogP contribution is 2.54. The summed E-state index contributed by atoms with van der Waals surface area (Å²) in [5, 5.41) is 29.9. The largest absolute Gasteiger partial charge is 0.0616 e. The van der Waals surface area contributed by atoms with Crippen molar-refractivity contribution in [3.63, 3.8) is 0 Å². The fraction of sp³-hybridized carbons (Fsp3) is 0. The van der Waals surface area contributed by atoms with E-state index in [0.29, 0.717) is 0 Å². The molecular formula is C50H24. The normalized spacial score (nSPS) is 13.2. The van der Waals surface area contributed by atoms with E-state index in [1.807, 2.05) is 0 Å². The van der Waals surface area contributed by atoms with Gasteiger partial charge in [-0.1, -0.05) is 115 Å². The molecule has 13 aromatic rings. The molecule has 0 heteroatoms. The smallest absolute Gasteiger partial charge is 0.00139 e. The zero-order valence-corrected chi connectivity index (χ0v) is 26.9. The van der Waals surface area contributed by atoms with Crippen molar-refractivity contribution in [2.24, 2.45) is 0 Å². The maximum Gasteiger partial charge on any atom is -0.00139 e. The quantitative estimate of drug-likeness (QED) is 0.116. The van der Waals surface area contributed by atoms with Gasteiger partial charge in [0.15, 0.2) is 0 Å². The Balaban J connectivity index is 1.12. The third-order valence-electron chi connectivity index (χ3n) is 12.6. The molecule has 0 aromatic heterocycles. The van der Waals surface area contributed by atoms with Gasteiger partial charge in [-0.15, -0.1) is 0 Å². The van der Waals surface area contributed by atoms with E-state index in [1.54, 1.807) is 0 Å². The van der Waals surface area contributed by atoms with Crippen molar-refractivity contribution in [3.05, 3.63) is 146 Å². The number of benzene rings is 11. The van der Waals surface area contributed by atoms with Crippen LogP contribution in [0.5, 0.6) is 0 Å². The van der Waals surface area contributed by atoms with E-state index >= 15 is 0 Å². The Hall–Kier alpha value is -6.50. The van der Waals surface area contributed by atoms with Gasteiger partial charge in [0.25, 0.3) is 0 Å². The summed E-state index contributed by atoms with van der Waals surface area (Å²) >= 11 is 0. The molecule has 0 atom stereocenters. The van der Waals surface area contributed by atoms with E-state index in [9.17, 15) is 0 Å². The molecule has 1 aliphatic rings. The molecule has 0 spiro atoms. The SMILES string of the molecule is c1ccc2cc3c(cc2c1)-c1ccc2c4ccc5c6cc7cc8c9ccccc9c9cccc(c7cc6c6ccc(c7ccc-3c1c27)c4c56)c98. The standard InChI is InChI=1S/C50H24/c1-2-7-26-21-42-37-17-13-33-35-15-19-39-44-24-40-27(23-45-29-9-4-3-8-28(29)30-10-5-11-31(40)46(30)45)22-43(44)38-18-14-34(48(35)50(38)39)32-12-16-36(49(37)47(32)33)41(42)20-25(26)6-1/h1-24H. The van der Waals surface area contributed by atoms with Crippen molar-refractivity contribution >= 4 is 118 Å². The van der Waals surface area contributed by atoms with E-state index in [2.05, 4.69) is 146 Å². The van der Waals surface area contributed by atoms with Crippen LogP contribution in [0.2, 0.25) is 0 Å². The fourth-order valence-electron chi connectivity index (χ4n) is 10.6. The van der Waals surface area contributed by atoms with Crippen molar-refractivity contribution in [1.82, 2.24) is 0 Å². The summed E-state index contributed by atoms with van der Waals surface area (Å²) in [6, 6.07) is 56.0. The maximum absolute atomic E-state index is 2.49. The van der Waals surface area contributed by atoms with Crippen LogP contribution in [-0.4, -0.2) is 0 Å². The summed E-state index contributed by atoms with van der Waals surface area (Å²) in [7, 11) is 0. The third kappa shape index (κ3) is 2.61. The zero-order chi connectivity index (χ0) is 32.0. The van der Waals surface area contributed by atoms with Crippen molar-refractivity contribution in [2.45, 2.75) is 0 Å². The lowest BCUT2D eigenvalue weighted by Gasteiger charge is -2.16. The lowest BCUT2D eigenvalue weighted by molar-refractivity contribution is 1.73. The number of rotatable bonds is 0. The van der Waals surface area contributed by atoms with E-state index < -0.39 is 0 Å². The average molecular weight is 625 g/mol. The summed E-state index contributed by atoms with van der Waals surface area (Å²) in [5.74, 6) is 0. The average Bonchev–Trinajstić information content (AvgIpc) is 3.78. The first-order valence-electron chi connectivity index (χ1n) is 17.7. The molecular weight excluding hydrogens is 601 g/mol. The van der Waals surface area contributed by atoms with Gasteiger partial charge in [0.2, 0.25) is 0 Å². The summed E-state index contributed by atoms with van der Waals surface area (Å²) in [5.41, 5.74) is 5.44. The van der Waals surface area contributed by atoms with Crippen LogP contribution in [-0.2, 0) is 0 Å². The Morgan fingerprint density at radius 3 is 1.22 bits per heavy atom. The zero-order valence-electron chi connectivity index (χ0n) is 26.9. The van der Waals surface area contributed by atoms with Gasteiger partial charge < -0.3 is 0 Å². The van der Waals surface area contributed by atoms with Crippen molar-refractivity contribution in [1.29, 1.82) is 0 Å². The van der Waals surface area contributed by atoms with Gasteiger partial charge in [-0.3, -0.25) is 0 Å². The molecule has 0 N–H and O–H groups in total. The van der Waals surface area contributed by atoms with E-state index in [0.717, 1.165) is 0 Å². The molecule has 0 saturated heterocycles. The second kappa shape index (κ2) is 8.03. The predicted molar refractivity (Wildman–Crippen MR) is 217 cm³/mol. The minimum Gasteiger partial charge on any atom is -0.0616 e. The van der Waals surface area contributed by atoms with Crippen LogP contribution in [0.4, 0.5) is 0 Å². The molecule has 0 nitrogen and oxygen atoms in total. The first kappa shape index (κ1) is 24.6. The molecule has 0 radical (unpaired) electrons. The molecule has 0 bridgehead atoms. The van der Waals surface area contributed by atoms with Crippen LogP contribution in [0.25, 0.3) is 141 Å². The molecule has 13 aromatic carbocycles. The van der Waals surface area contributed by atoms with E-state index in [1.165, 1.54) is 141 Å². The van der Waals surface area contributed by atoms with Crippen molar-refractivity contribution < 1.29 is 0 Å². The molecule has 0 aliphatic heterocycles. The van der Waals surface area contributed by atoms with Crippen LogP contribution >= 0.6 is 0 Å². The highest BCUT2D eigenvalue weighted by atomic mass is 14.3. The third-order valence-corrected chi connectivity index (χ3v) is 12.6. The Morgan fingerprint density at radius 2 is 0.600 bits per heavy atom. The molecule has 50 heavy (non-hydrogen) atoms. The topological polar surface area (TPSA) is 0 Å². The monoisotopic (exact) mass is 624 g/mol. The predicted octanol–water partition coefficient (Wildman–Crippen LogP) is 14.3. The fourth-order valence-corrected chi connectivity index (χ4v) is 10.6. The summed E-state index contributed by atoms with van der Waals surface area (Å²) in [6.07, 6.45) is 0. The maximum atomic E-state index is 2.49. The number of fused-ring (bicyclic) bond motifs is 14. The van der Waals surface area contributed by atoms with Crippen LogP contribution in [0.3, 0.4) is 0 Å². The number of hydrogen-bond acceptors (Lipinski definition) is 0. The molecule has 0 heterocycles. The van der Waals surface area contributed by atoms with Crippen LogP contribution in [0.15, 0.2) is 146 Å². The van der Waals surface area contributed by atoms with Crippen LogP contribution in [0, 0.1) is 0 Å². The van der Waals surface area contributed by atoms with Gasteiger partial charge in [0.1, 0.15) is 0 Å². The van der Waals surface area contributed by atoms with E-state index in [-0.39, 0.29) is 0 Å². The van der Waals surface area contributed by atoms with Gasteiger partial charge >= 0.3 is 0 Å². The second-order valence-corrected chi connectivity index (χ2v) is 14.7. The lowest BCUT2D eigenvalue weighted by Crippen LogP contribution is -1.87. The molecule has 224 valence electrons. The van der Waals surface area contributed by atoms with Crippen LogP contribution < -0.4 is 0 Å². The molecule has 0 saturated carbocycles. The molecule has 0 unspecified atom stereocenters. The summed E-state index contributed by atoms with van der Waals surface area (Å²) in [6.45, 7) is 0. The Kier molecular flexibility index (Phi) is 3.95. The van der Waals surface area contributed by atoms with Gasteiger partial charge in [0, 0.05) is 0 Å². The minimum absolute atomic E-state index is 1.30. The first-order chi connectivity index (χ1) is 24.8. The van der Waals surface area contributed by atoms with Gasteiger partial charge in [-0.05, 0) is 171 Å². The molecule has 0 amide bonds. The highest BCUT2D eigenvalue weighted by molar-refractivity contribution is 6.44. The van der Waals surface area contributed by atoms with Gasteiger partial charge in [-0.2, -0.15) is 0 Å². The first-order valence-corrected chi connectivity index (χ1v) is 17.7. The second-order valence-electron chi connectivity index (χ2n) is 14.7. The summed E-state index contributed by atoms with van der Waals surface area (Å²) < 4.78 is 0. The van der Waals surface area contributed by atoms with E-state index in [4.69, 9.17) is 0 Å². The molecule has 1 aliphatic carbocycles. The molecule has 14 rings (SSSR count). The van der Waals surface area contributed by atoms with Gasteiger partial charge in [-0.25, -0.2) is 0 Å². The van der Waals surface area contributed by atoms with Gasteiger partial charge in [0.05, 0.1) is 0 Å². The Labute approximate surface area is 285 Å². The van der Waals surface area contributed by atoms with Crippen molar-refractivity contribution in [2.75, 3.05) is 0 Å². The minimum atomic E-state index is 1.30. The summed E-state index contributed by atoms with van der Waals surface area (Å²) in [4.78, 5) is 0. The Bertz CT molecular complexity index is 3600. The molecule has 0 fully saturated rings. The Morgan fingerprint density at radius 1 is 0.180 bits per heavy atom. The van der Waals surface area contributed by atoms with Crippen molar-refractivity contribution in [3.8, 4) is 22.3 Å². The van der Waals surface area contributed by atoms with Crippen LogP contribution in [0.1, 0.15) is 0 Å². The lowest BCUT2D eigenvalue weighted by atomic mass is 9.87. The number of hydrogen-bond donors (Lipinski definition) is 0.